The first kappa shape index (κ1) is 8.45. The molecule has 0 radical (unpaired) electrons. The molecule has 0 aliphatic heterocycles. The number of aliphatic hydroxyl groups is 1. The maximum Gasteiger partial charge on any atom is 0.150 e. The van der Waals surface area contributed by atoms with Crippen LogP contribution < -0.4 is 0 Å². The van der Waals surface area contributed by atoms with Crippen LogP contribution in [0.15, 0.2) is 24.3 Å². The molecule has 1 aromatic rings. The molecule has 1 aromatic carbocycles. The molecule has 1 N–H and O–H groups in total. The van der Waals surface area contributed by atoms with Gasteiger partial charge in [0, 0.05) is 5.56 Å². The second-order valence-corrected chi connectivity index (χ2v) is 3.59. The summed E-state index contributed by atoms with van der Waals surface area (Å²) >= 11 is 0. The first-order chi connectivity index (χ1) is 6.26. The average molecular weight is 176 g/mol. The van der Waals surface area contributed by atoms with Gasteiger partial charge in [-0.3, -0.25) is 4.79 Å². The van der Waals surface area contributed by atoms with Gasteiger partial charge in [0.15, 0.2) is 0 Å². The second-order valence-electron chi connectivity index (χ2n) is 3.59. The van der Waals surface area contributed by atoms with Crippen LogP contribution in [0.3, 0.4) is 0 Å². The number of hydrogen-bond donors (Lipinski definition) is 1. The molecule has 0 amide bonds. The Labute approximate surface area is 77.2 Å². The summed E-state index contributed by atoms with van der Waals surface area (Å²) in [5.74, 6) is 0. The first-order valence-electron chi connectivity index (χ1n) is 4.53. The van der Waals surface area contributed by atoms with Gasteiger partial charge in [0.2, 0.25) is 0 Å². The topological polar surface area (TPSA) is 37.3 Å². The number of benzene rings is 1. The van der Waals surface area contributed by atoms with Crippen LogP contribution in [0, 0.1) is 0 Å². The summed E-state index contributed by atoms with van der Waals surface area (Å²) in [4.78, 5) is 10.7. The number of rotatable bonds is 2. The number of aldehydes is 1. The summed E-state index contributed by atoms with van der Waals surface area (Å²) in [5.41, 5.74) is 0.679. The Balaban J connectivity index is 2.43. The van der Waals surface area contributed by atoms with Gasteiger partial charge < -0.3 is 5.11 Å². The van der Waals surface area contributed by atoms with Crippen molar-refractivity contribution in [2.45, 2.75) is 24.9 Å². The van der Waals surface area contributed by atoms with Crippen molar-refractivity contribution in [2.24, 2.45) is 0 Å². The molecule has 0 spiro atoms. The van der Waals surface area contributed by atoms with E-state index in [0.717, 1.165) is 31.1 Å². The molecule has 1 saturated carbocycles. The standard InChI is InChI=1S/C11H12O2/c12-8-9-4-1-2-5-10(9)11(13)6-3-7-11/h1-2,4-5,8,13H,3,6-7H2. The van der Waals surface area contributed by atoms with Crippen LogP contribution in [0.25, 0.3) is 0 Å². The Morgan fingerprint density at radius 2 is 2.00 bits per heavy atom. The third kappa shape index (κ3) is 1.27. The predicted octanol–water partition coefficient (Wildman–Crippen LogP) is 1.87. The fourth-order valence-corrected chi connectivity index (χ4v) is 1.80. The number of hydrogen-bond acceptors (Lipinski definition) is 2. The molecule has 1 fully saturated rings. The third-order valence-corrected chi connectivity index (χ3v) is 2.77. The smallest absolute Gasteiger partial charge is 0.150 e. The summed E-state index contributed by atoms with van der Waals surface area (Å²) in [6, 6.07) is 7.26. The highest BCUT2D eigenvalue weighted by Gasteiger charge is 2.37. The maximum atomic E-state index is 10.7. The Bertz CT molecular complexity index is 327. The molecule has 0 aromatic heterocycles. The van der Waals surface area contributed by atoms with E-state index in [0.29, 0.717) is 5.56 Å². The lowest BCUT2D eigenvalue weighted by Gasteiger charge is -2.37. The van der Waals surface area contributed by atoms with Gasteiger partial charge in [-0.05, 0) is 24.8 Å². The second kappa shape index (κ2) is 2.96. The number of carbonyl (C=O) groups excluding carboxylic acids is 1. The lowest BCUT2D eigenvalue weighted by Crippen LogP contribution is -2.34. The van der Waals surface area contributed by atoms with E-state index in [1.807, 2.05) is 18.2 Å². The van der Waals surface area contributed by atoms with Gasteiger partial charge in [0.25, 0.3) is 0 Å². The highest BCUT2D eigenvalue weighted by Crippen LogP contribution is 2.41. The normalized spacial score (nSPS) is 19.2. The fraction of sp³-hybridized carbons (Fsp3) is 0.364. The van der Waals surface area contributed by atoms with Crippen molar-refractivity contribution in [1.82, 2.24) is 0 Å². The van der Waals surface area contributed by atoms with E-state index in [-0.39, 0.29) is 0 Å². The monoisotopic (exact) mass is 176 g/mol. The zero-order chi connectivity index (χ0) is 9.31. The van der Waals surface area contributed by atoms with E-state index in [9.17, 15) is 9.90 Å². The zero-order valence-corrected chi connectivity index (χ0v) is 7.36. The molecule has 0 bridgehead atoms. The molecule has 0 saturated heterocycles. The maximum absolute atomic E-state index is 10.7. The molecule has 1 aliphatic carbocycles. The van der Waals surface area contributed by atoms with Crippen molar-refractivity contribution in [3.63, 3.8) is 0 Å². The van der Waals surface area contributed by atoms with E-state index in [4.69, 9.17) is 0 Å². The minimum absolute atomic E-state index is 0.615. The third-order valence-electron chi connectivity index (χ3n) is 2.77. The van der Waals surface area contributed by atoms with E-state index in [2.05, 4.69) is 0 Å². The van der Waals surface area contributed by atoms with Gasteiger partial charge in [0.1, 0.15) is 6.29 Å². The molecular formula is C11H12O2. The fourth-order valence-electron chi connectivity index (χ4n) is 1.80. The molecule has 68 valence electrons. The Kier molecular flexibility index (Phi) is 1.93. The van der Waals surface area contributed by atoms with Gasteiger partial charge in [-0.1, -0.05) is 24.3 Å². The summed E-state index contributed by atoms with van der Waals surface area (Å²) in [6.07, 6.45) is 3.41. The number of carbonyl (C=O) groups is 1. The highest BCUT2D eigenvalue weighted by molar-refractivity contribution is 5.77. The van der Waals surface area contributed by atoms with E-state index < -0.39 is 5.60 Å². The van der Waals surface area contributed by atoms with Gasteiger partial charge in [-0.15, -0.1) is 0 Å². The molecule has 2 rings (SSSR count). The van der Waals surface area contributed by atoms with Crippen LogP contribution in [0.1, 0.15) is 35.2 Å². The molecule has 0 atom stereocenters. The highest BCUT2D eigenvalue weighted by atomic mass is 16.3. The van der Waals surface area contributed by atoms with Crippen molar-refractivity contribution in [3.8, 4) is 0 Å². The van der Waals surface area contributed by atoms with Gasteiger partial charge in [-0.2, -0.15) is 0 Å². The van der Waals surface area contributed by atoms with Gasteiger partial charge in [-0.25, -0.2) is 0 Å². The molecule has 13 heavy (non-hydrogen) atoms. The molecule has 2 nitrogen and oxygen atoms in total. The lowest BCUT2D eigenvalue weighted by atomic mass is 9.74. The molecule has 1 aliphatic rings. The van der Waals surface area contributed by atoms with Crippen LogP contribution in [0.2, 0.25) is 0 Å². The molecule has 2 heteroatoms. The molecular weight excluding hydrogens is 164 g/mol. The van der Waals surface area contributed by atoms with Crippen LogP contribution in [-0.2, 0) is 5.60 Å². The zero-order valence-electron chi connectivity index (χ0n) is 7.36. The Hall–Kier alpha value is -1.15. The van der Waals surface area contributed by atoms with E-state index >= 15 is 0 Å². The van der Waals surface area contributed by atoms with Crippen LogP contribution in [-0.4, -0.2) is 11.4 Å². The van der Waals surface area contributed by atoms with Crippen molar-refractivity contribution >= 4 is 6.29 Å². The minimum Gasteiger partial charge on any atom is -0.385 e. The summed E-state index contributed by atoms with van der Waals surface area (Å²) in [6.45, 7) is 0. The minimum atomic E-state index is -0.725. The van der Waals surface area contributed by atoms with Crippen molar-refractivity contribution in [2.75, 3.05) is 0 Å². The van der Waals surface area contributed by atoms with Gasteiger partial charge >= 0.3 is 0 Å². The summed E-state index contributed by atoms with van der Waals surface area (Å²) < 4.78 is 0. The van der Waals surface area contributed by atoms with Crippen LogP contribution in [0.4, 0.5) is 0 Å². The molecule has 0 unspecified atom stereocenters. The lowest BCUT2D eigenvalue weighted by molar-refractivity contribution is -0.0391. The first-order valence-corrected chi connectivity index (χ1v) is 4.53. The Morgan fingerprint density at radius 3 is 2.54 bits per heavy atom. The van der Waals surface area contributed by atoms with E-state index in [1.165, 1.54) is 0 Å². The largest absolute Gasteiger partial charge is 0.385 e. The van der Waals surface area contributed by atoms with Crippen molar-refractivity contribution in [1.29, 1.82) is 0 Å². The van der Waals surface area contributed by atoms with E-state index in [1.54, 1.807) is 6.07 Å². The molecule has 0 heterocycles. The van der Waals surface area contributed by atoms with Crippen molar-refractivity contribution < 1.29 is 9.90 Å². The van der Waals surface area contributed by atoms with Crippen LogP contribution in [0.5, 0.6) is 0 Å². The predicted molar refractivity (Wildman–Crippen MR) is 49.6 cm³/mol. The quantitative estimate of drug-likeness (QED) is 0.698. The summed E-state index contributed by atoms with van der Waals surface area (Å²) in [5, 5.41) is 10.0. The SMILES string of the molecule is O=Cc1ccccc1C1(O)CCC1. The Morgan fingerprint density at radius 1 is 1.31 bits per heavy atom. The summed E-state index contributed by atoms with van der Waals surface area (Å²) in [7, 11) is 0. The van der Waals surface area contributed by atoms with Gasteiger partial charge in [0.05, 0.1) is 5.60 Å². The van der Waals surface area contributed by atoms with Crippen LogP contribution >= 0.6 is 0 Å². The van der Waals surface area contributed by atoms with Crippen molar-refractivity contribution in [3.05, 3.63) is 35.4 Å². The average Bonchev–Trinajstić information content (AvgIpc) is 2.14.